The van der Waals surface area contributed by atoms with E-state index in [-0.39, 0.29) is 24.2 Å². The van der Waals surface area contributed by atoms with Gasteiger partial charge < -0.3 is 15.0 Å². The van der Waals surface area contributed by atoms with E-state index in [4.69, 9.17) is 27.9 Å². The van der Waals surface area contributed by atoms with Crippen molar-refractivity contribution in [2.24, 2.45) is 0 Å². The van der Waals surface area contributed by atoms with Crippen LogP contribution in [0.25, 0.3) is 0 Å². The number of sulfonamides is 1. The molecule has 198 valence electrons. The number of hydrogen-bond donors (Lipinski definition) is 1. The van der Waals surface area contributed by atoms with Crippen LogP contribution in [-0.4, -0.2) is 57.1 Å². The summed E-state index contributed by atoms with van der Waals surface area (Å²) in [6, 6.07) is 8.94. The number of carbonyl (C=O) groups is 2. The second-order valence-electron chi connectivity index (χ2n) is 8.66. The average molecular weight is 559 g/mol. The molecule has 36 heavy (non-hydrogen) atoms. The monoisotopic (exact) mass is 557 g/mol. The van der Waals surface area contributed by atoms with Crippen molar-refractivity contribution in [3.8, 4) is 5.75 Å². The molecule has 11 heteroatoms. The zero-order valence-electron chi connectivity index (χ0n) is 21.3. The molecule has 0 bridgehead atoms. The largest absolute Gasteiger partial charge is 0.495 e. The van der Waals surface area contributed by atoms with Crippen LogP contribution in [0.4, 0.5) is 5.69 Å². The molecule has 0 aliphatic heterocycles. The van der Waals surface area contributed by atoms with Crippen molar-refractivity contribution in [3.05, 3.63) is 57.6 Å². The molecule has 2 amide bonds. The first-order chi connectivity index (χ1) is 16.8. The summed E-state index contributed by atoms with van der Waals surface area (Å²) in [5.41, 5.74) is 1.46. The maximum Gasteiger partial charge on any atom is 0.244 e. The van der Waals surface area contributed by atoms with Crippen LogP contribution in [0.3, 0.4) is 0 Å². The predicted molar refractivity (Wildman–Crippen MR) is 144 cm³/mol. The van der Waals surface area contributed by atoms with Gasteiger partial charge in [-0.05, 0) is 57.0 Å². The van der Waals surface area contributed by atoms with Gasteiger partial charge in [0.2, 0.25) is 21.8 Å². The van der Waals surface area contributed by atoms with Gasteiger partial charge in [0.1, 0.15) is 18.3 Å². The average Bonchev–Trinajstić information content (AvgIpc) is 2.80. The molecule has 2 atom stereocenters. The molecular formula is C25H33Cl2N3O5S. The molecule has 0 unspecified atom stereocenters. The Bertz CT molecular complexity index is 1190. The lowest BCUT2D eigenvalue weighted by Crippen LogP contribution is -2.52. The Morgan fingerprint density at radius 2 is 1.72 bits per heavy atom. The summed E-state index contributed by atoms with van der Waals surface area (Å²) in [6.07, 6.45) is 1.72. The van der Waals surface area contributed by atoms with E-state index in [1.807, 2.05) is 13.8 Å². The summed E-state index contributed by atoms with van der Waals surface area (Å²) >= 11 is 12.7. The number of hydrogen-bond acceptors (Lipinski definition) is 5. The minimum atomic E-state index is -3.90. The molecule has 0 fully saturated rings. The van der Waals surface area contributed by atoms with Gasteiger partial charge in [-0.3, -0.25) is 13.9 Å². The van der Waals surface area contributed by atoms with Crippen molar-refractivity contribution < 1.29 is 22.7 Å². The number of nitrogens with zero attached hydrogens (tertiary/aromatic N) is 2. The minimum absolute atomic E-state index is 0.0883. The molecule has 0 aliphatic carbocycles. The van der Waals surface area contributed by atoms with Crippen LogP contribution in [0.1, 0.15) is 38.3 Å². The number of methoxy groups -OCH3 is 1. The summed E-state index contributed by atoms with van der Waals surface area (Å²) in [4.78, 5) is 28.0. The first kappa shape index (κ1) is 29.7. The number of rotatable bonds is 11. The third-order valence-corrected chi connectivity index (χ3v) is 7.68. The number of nitrogens with one attached hydrogen (secondary N) is 1. The first-order valence-corrected chi connectivity index (χ1v) is 14.1. The molecule has 2 aromatic rings. The Balaban J connectivity index is 2.52. The zero-order chi connectivity index (χ0) is 27.2. The fourth-order valence-electron chi connectivity index (χ4n) is 3.49. The Hall–Kier alpha value is -2.49. The van der Waals surface area contributed by atoms with Gasteiger partial charge in [-0.2, -0.15) is 0 Å². The molecule has 0 heterocycles. The lowest BCUT2D eigenvalue weighted by molar-refractivity contribution is -0.139. The van der Waals surface area contributed by atoms with E-state index in [0.717, 1.165) is 16.1 Å². The van der Waals surface area contributed by atoms with Gasteiger partial charge in [0, 0.05) is 28.2 Å². The molecule has 1 N–H and O–H groups in total. The van der Waals surface area contributed by atoms with Crippen molar-refractivity contribution in [2.75, 3.05) is 24.2 Å². The number of anilines is 1. The SMILES string of the molecule is CC[C@@H](C)NC(=O)[C@@H](C)N(Cc1c(Cl)cccc1Cl)C(=O)CN(c1cc(C)ccc1OC)S(C)(=O)=O. The van der Waals surface area contributed by atoms with E-state index in [1.54, 1.807) is 50.2 Å². The van der Waals surface area contributed by atoms with E-state index in [2.05, 4.69) is 5.32 Å². The van der Waals surface area contributed by atoms with Gasteiger partial charge in [0.05, 0.1) is 19.1 Å². The van der Waals surface area contributed by atoms with Crippen molar-refractivity contribution in [1.29, 1.82) is 0 Å². The highest BCUT2D eigenvalue weighted by Gasteiger charge is 2.32. The van der Waals surface area contributed by atoms with Crippen molar-refractivity contribution >= 4 is 50.7 Å². The standard InChI is InChI=1S/C25H33Cl2N3O5S/c1-7-17(3)28-25(32)18(4)29(14-19-20(26)9-8-10-21(19)27)24(31)15-30(36(6,33)34)22-13-16(2)11-12-23(22)35-5/h8-13,17-18H,7,14-15H2,1-6H3,(H,28,32)/t17-,18-/m1/s1. The molecule has 8 nitrogen and oxygen atoms in total. The molecule has 2 rings (SSSR count). The van der Waals surface area contributed by atoms with Crippen molar-refractivity contribution in [1.82, 2.24) is 10.2 Å². The maximum atomic E-state index is 13.7. The van der Waals surface area contributed by atoms with Crippen LogP contribution in [-0.2, 0) is 26.2 Å². The van der Waals surface area contributed by atoms with Crippen LogP contribution in [0, 0.1) is 6.92 Å². The lowest BCUT2D eigenvalue weighted by Gasteiger charge is -2.32. The first-order valence-electron chi connectivity index (χ1n) is 11.4. The Morgan fingerprint density at radius 1 is 1.11 bits per heavy atom. The van der Waals surface area contributed by atoms with Gasteiger partial charge >= 0.3 is 0 Å². The molecule has 0 saturated heterocycles. The van der Waals surface area contributed by atoms with E-state index >= 15 is 0 Å². The summed E-state index contributed by atoms with van der Waals surface area (Å²) < 4.78 is 31.9. The normalized spacial score (nSPS) is 13.0. The van der Waals surface area contributed by atoms with Gasteiger partial charge in [0.25, 0.3) is 0 Å². The summed E-state index contributed by atoms with van der Waals surface area (Å²) in [5.74, 6) is -0.686. The fraction of sp³-hybridized carbons (Fsp3) is 0.440. The molecule has 2 aromatic carbocycles. The Labute approximate surface area is 223 Å². The Kier molecular flexibility index (Phi) is 10.5. The van der Waals surface area contributed by atoms with Crippen LogP contribution >= 0.6 is 23.2 Å². The van der Waals surface area contributed by atoms with Gasteiger partial charge in [0.15, 0.2) is 0 Å². The predicted octanol–water partition coefficient (Wildman–Crippen LogP) is 4.41. The summed E-state index contributed by atoms with van der Waals surface area (Å²) in [7, 11) is -2.48. The lowest BCUT2D eigenvalue weighted by atomic mass is 10.1. The number of ether oxygens (including phenoxy) is 1. The third kappa shape index (κ3) is 7.51. The van der Waals surface area contributed by atoms with Crippen LogP contribution in [0.5, 0.6) is 5.75 Å². The third-order valence-electron chi connectivity index (χ3n) is 5.84. The second kappa shape index (κ2) is 12.7. The quantitative estimate of drug-likeness (QED) is 0.441. The van der Waals surface area contributed by atoms with Gasteiger partial charge in [-0.15, -0.1) is 0 Å². The number of halogens is 2. The summed E-state index contributed by atoms with van der Waals surface area (Å²) in [5, 5.41) is 3.53. The second-order valence-corrected chi connectivity index (χ2v) is 11.4. The molecule has 0 radical (unpaired) electrons. The number of aryl methyl sites for hydroxylation is 1. The fourth-order valence-corrected chi connectivity index (χ4v) is 4.85. The van der Waals surface area contributed by atoms with Crippen molar-refractivity contribution in [3.63, 3.8) is 0 Å². The number of carbonyl (C=O) groups excluding carboxylic acids is 2. The molecule has 0 aromatic heterocycles. The van der Waals surface area contributed by atoms with E-state index in [9.17, 15) is 18.0 Å². The molecular weight excluding hydrogens is 525 g/mol. The maximum absolute atomic E-state index is 13.7. The topological polar surface area (TPSA) is 96.0 Å². The smallest absolute Gasteiger partial charge is 0.244 e. The number of benzene rings is 2. The van der Waals surface area contributed by atoms with Gasteiger partial charge in [-0.1, -0.05) is 42.3 Å². The van der Waals surface area contributed by atoms with E-state index < -0.39 is 28.5 Å². The van der Waals surface area contributed by atoms with Crippen molar-refractivity contribution in [2.45, 2.75) is 52.7 Å². The van der Waals surface area contributed by atoms with E-state index in [0.29, 0.717) is 27.8 Å². The van der Waals surface area contributed by atoms with Crippen LogP contribution in [0.2, 0.25) is 10.0 Å². The van der Waals surface area contributed by atoms with Gasteiger partial charge in [-0.25, -0.2) is 8.42 Å². The molecule has 0 saturated carbocycles. The van der Waals surface area contributed by atoms with E-state index in [1.165, 1.54) is 12.0 Å². The summed E-state index contributed by atoms with van der Waals surface area (Å²) in [6.45, 7) is 6.53. The van der Waals surface area contributed by atoms with Crippen LogP contribution < -0.4 is 14.4 Å². The highest BCUT2D eigenvalue weighted by molar-refractivity contribution is 7.92. The van der Waals surface area contributed by atoms with Crippen LogP contribution in [0.15, 0.2) is 36.4 Å². The number of amides is 2. The minimum Gasteiger partial charge on any atom is -0.495 e. The molecule has 0 aliphatic rings. The molecule has 0 spiro atoms. The Morgan fingerprint density at radius 3 is 2.25 bits per heavy atom. The highest BCUT2D eigenvalue weighted by Crippen LogP contribution is 2.32. The zero-order valence-corrected chi connectivity index (χ0v) is 23.7. The highest BCUT2D eigenvalue weighted by atomic mass is 35.5.